The zero-order valence-electron chi connectivity index (χ0n) is 17.8. The standard InChI is InChI=1S/C27H23BN2P/c1-18(2)20-15-22-27-26-19(16-29(27)17-20)9-8-13-24(26)30-23-12-6-7-14-25(23)31(28(22)30)21-10-4-3-5-11-21/h3-15,17-18H,16H2,1-2H3/q+1. The topological polar surface area (TPSA) is 7.12 Å². The van der Waals surface area contributed by atoms with E-state index < -0.39 is 7.80 Å². The Bertz CT molecular complexity index is 1370. The van der Waals surface area contributed by atoms with Crippen molar-refractivity contribution in [1.29, 1.82) is 0 Å². The van der Waals surface area contributed by atoms with Crippen molar-refractivity contribution in [2.45, 2.75) is 26.3 Å². The number of fused-ring (bicyclic) bond motifs is 5. The van der Waals surface area contributed by atoms with Gasteiger partial charge in [-0.25, -0.2) is 0 Å². The molecule has 1 aromatic heterocycles. The summed E-state index contributed by atoms with van der Waals surface area (Å²) in [6.07, 6.45) is 2.40. The minimum atomic E-state index is -0.533. The van der Waals surface area contributed by atoms with Crippen molar-refractivity contribution < 1.29 is 4.57 Å². The maximum Gasteiger partial charge on any atom is 0.339 e. The first-order chi connectivity index (χ1) is 15.2. The van der Waals surface area contributed by atoms with Crippen LogP contribution in [-0.4, -0.2) is 6.57 Å². The molecule has 0 spiro atoms. The van der Waals surface area contributed by atoms with E-state index in [1.54, 1.807) is 0 Å². The Hall–Kier alpha value is -2.90. The van der Waals surface area contributed by atoms with E-state index in [1.165, 1.54) is 49.8 Å². The molecule has 31 heavy (non-hydrogen) atoms. The van der Waals surface area contributed by atoms with Gasteiger partial charge in [-0.3, -0.25) is 0 Å². The third kappa shape index (κ3) is 2.30. The van der Waals surface area contributed by atoms with E-state index >= 15 is 0 Å². The van der Waals surface area contributed by atoms with Gasteiger partial charge in [0.15, 0.2) is 12.7 Å². The van der Waals surface area contributed by atoms with Crippen LogP contribution in [0.4, 0.5) is 11.4 Å². The Labute approximate surface area is 185 Å². The molecule has 0 amide bonds. The number of rotatable bonds is 2. The molecular formula is C27H23BN2P+. The van der Waals surface area contributed by atoms with Crippen molar-refractivity contribution >= 4 is 41.8 Å². The summed E-state index contributed by atoms with van der Waals surface area (Å²) in [5.41, 5.74) is 10.1. The molecular weight excluding hydrogens is 394 g/mol. The lowest BCUT2D eigenvalue weighted by atomic mass is 9.70. The lowest BCUT2D eigenvalue weighted by Gasteiger charge is -2.33. The minimum Gasteiger partial charge on any atom is -0.375 e. The van der Waals surface area contributed by atoms with Crippen LogP contribution in [0, 0.1) is 0 Å². The van der Waals surface area contributed by atoms with E-state index in [1.807, 2.05) is 0 Å². The predicted molar refractivity (Wildman–Crippen MR) is 132 cm³/mol. The summed E-state index contributed by atoms with van der Waals surface area (Å²) in [6, 6.07) is 29.7. The zero-order valence-corrected chi connectivity index (χ0v) is 18.7. The van der Waals surface area contributed by atoms with Crippen LogP contribution in [0.25, 0.3) is 11.3 Å². The molecule has 0 bridgehead atoms. The molecule has 0 aliphatic carbocycles. The quantitative estimate of drug-likeness (QED) is 0.234. The van der Waals surface area contributed by atoms with Gasteiger partial charge in [-0.2, -0.15) is 4.57 Å². The molecule has 3 aliphatic heterocycles. The van der Waals surface area contributed by atoms with Crippen LogP contribution < -0.4 is 25.4 Å². The molecule has 3 aromatic carbocycles. The third-order valence-corrected chi connectivity index (χ3v) is 9.77. The van der Waals surface area contributed by atoms with Gasteiger partial charge in [-0.15, -0.1) is 0 Å². The monoisotopic (exact) mass is 417 g/mol. The van der Waals surface area contributed by atoms with Gasteiger partial charge < -0.3 is 4.81 Å². The number of nitrogens with zero attached hydrogens (tertiary/aromatic N) is 2. The predicted octanol–water partition coefficient (Wildman–Crippen LogP) is 4.42. The molecule has 0 fully saturated rings. The lowest BCUT2D eigenvalue weighted by molar-refractivity contribution is -0.671. The zero-order chi connectivity index (χ0) is 20.7. The number of hydrogen-bond acceptors (Lipinski definition) is 1. The molecule has 4 heterocycles. The maximum atomic E-state index is 2.66. The third-order valence-electron chi connectivity index (χ3n) is 7.02. The highest BCUT2D eigenvalue weighted by Crippen LogP contribution is 2.55. The fourth-order valence-electron chi connectivity index (χ4n) is 5.66. The van der Waals surface area contributed by atoms with Crippen molar-refractivity contribution in [3.8, 4) is 11.3 Å². The first kappa shape index (κ1) is 17.8. The smallest absolute Gasteiger partial charge is 0.339 e. The Kier molecular flexibility index (Phi) is 3.61. The minimum absolute atomic E-state index is 0.343. The summed E-state index contributed by atoms with van der Waals surface area (Å²) in [7, 11) is -0.533. The van der Waals surface area contributed by atoms with E-state index in [9.17, 15) is 0 Å². The number of benzene rings is 3. The van der Waals surface area contributed by atoms with Crippen LogP contribution in [0.15, 0.2) is 85.1 Å². The van der Waals surface area contributed by atoms with E-state index in [4.69, 9.17) is 0 Å². The van der Waals surface area contributed by atoms with Gasteiger partial charge in [0, 0.05) is 28.0 Å². The van der Waals surface area contributed by atoms with Crippen LogP contribution in [-0.2, 0) is 6.54 Å². The van der Waals surface area contributed by atoms with Gasteiger partial charge in [0.25, 0.3) is 0 Å². The summed E-state index contributed by atoms with van der Waals surface area (Å²) in [6.45, 7) is 5.95. The molecule has 1 atom stereocenters. The van der Waals surface area contributed by atoms with Crippen LogP contribution in [0.3, 0.4) is 0 Å². The molecule has 148 valence electrons. The van der Waals surface area contributed by atoms with Gasteiger partial charge in [0.1, 0.15) is 0 Å². The number of para-hydroxylation sites is 1. The van der Waals surface area contributed by atoms with Crippen LogP contribution in [0.5, 0.6) is 0 Å². The lowest BCUT2D eigenvalue weighted by Crippen LogP contribution is -2.51. The van der Waals surface area contributed by atoms with Crippen molar-refractivity contribution in [2.75, 3.05) is 4.81 Å². The normalized spacial score (nSPS) is 17.1. The van der Waals surface area contributed by atoms with Gasteiger partial charge in [0.2, 0.25) is 5.69 Å². The second kappa shape index (κ2) is 6.31. The van der Waals surface area contributed by atoms with Gasteiger partial charge in [0.05, 0.1) is 5.56 Å². The highest BCUT2D eigenvalue weighted by Gasteiger charge is 2.53. The Morgan fingerprint density at radius 3 is 2.52 bits per heavy atom. The molecule has 0 N–H and O–H groups in total. The summed E-state index contributed by atoms with van der Waals surface area (Å²) < 4.78 is 2.53. The molecule has 4 heteroatoms. The van der Waals surface area contributed by atoms with Crippen molar-refractivity contribution in [3.05, 3.63) is 96.2 Å². The van der Waals surface area contributed by atoms with Gasteiger partial charge >= 0.3 is 6.57 Å². The Morgan fingerprint density at radius 1 is 0.903 bits per heavy atom. The number of aromatic nitrogens is 1. The van der Waals surface area contributed by atoms with E-state index in [0.717, 1.165) is 6.54 Å². The molecule has 7 rings (SSSR count). The fraction of sp³-hybridized carbons (Fsp3) is 0.148. The molecule has 4 aromatic rings. The van der Waals surface area contributed by atoms with Gasteiger partial charge in [-0.1, -0.05) is 74.5 Å². The first-order valence-corrected chi connectivity index (χ1v) is 12.6. The summed E-state index contributed by atoms with van der Waals surface area (Å²) in [5, 5.41) is 2.96. The molecule has 0 radical (unpaired) electrons. The molecule has 2 nitrogen and oxygen atoms in total. The number of hydrogen-bond donors (Lipinski definition) is 0. The van der Waals surface area contributed by atoms with Crippen LogP contribution in [0.2, 0.25) is 0 Å². The average Bonchev–Trinajstić information content (AvgIpc) is 3.35. The Balaban J connectivity index is 1.59. The molecule has 0 saturated carbocycles. The van der Waals surface area contributed by atoms with Gasteiger partial charge in [-0.05, 0) is 42.5 Å². The average molecular weight is 417 g/mol. The largest absolute Gasteiger partial charge is 0.375 e. The van der Waals surface area contributed by atoms with E-state index in [0.29, 0.717) is 12.5 Å². The van der Waals surface area contributed by atoms with Crippen molar-refractivity contribution in [2.24, 2.45) is 0 Å². The van der Waals surface area contributed by atoms with E-state index in [2.05, 4.69) is 108 Å². The molecule has 0 saturated heterocycles. The highest BCUT2D eigenvalue weighted by atomic mass is 31.1. The highest BCUT2D eigenvalue weighted by molar-refractivity contribution is 8.04. The van der Waals surface area contributed by atoms with Crippen LogP contribution >= 0.6 is 7.80 Å². The van der Waals surface area contributed by atoms with Crippen molar-refractivity contribution in [3.63, 3.8) is 0 Å². The second-order valence-corrected chi connectivity index (χ2v) is 11.3. The summed E-state index contributed by atoms with van der Waals surface area (Å²) in [5.74, 6) is 0.513. The second-order valence-electron chi connectivity index (χ2n) is 9.11. The number of anilines is 2. The Morgan fingerprint density at radius 2 is 1.68 bits per heavy atom. The SMILES string of the molecule is CC(C)c1cc2c3[n+](c1)Cc1cccc(c1-3)N1B2P(c2ccccc2)c2ccccc21. The van der Waals surface area contributed by atoms with Crippen LogP contribution in [0.1, 0.15) is 30.9 Å². The fourth-order valence-corrected chi connectivity index (χ4v) is 8.60. The first-order valence-electron chi connectivity index (χ1n) is 11.1. The van der Waals surface area contributed by atoms with Crippen molar-refractivity contribution in [1.82, 2.24) is 0 Å². The maximum absolute atomic E-state index is 2.66. The summed E-state index contributed by atoms with van der Waals surface area (Å²) >= 11 is 0. The number of pyridine rings is 1. The molecule has 1 unspecified atom stereocenters. The summed E-state index contributed by atoms with van der Waals surface area (Å²) in [4.78, 5) is 2.66. The van der Waals surface area contributed by atoms with E-state index in [-0.39, 0.29) is 0 Å². The molecule has 3 aliphatic rings.